The van der Waals surface area contributed by atoms with Gasteiger partial charge in [-0.1, -0.05) is 29.3 Å². The fourth-order valence-electron chi connectivity index (χ4n) is 3.03. The van der Waals surface area contributed by atoms with Crippen molar-refractivity contribution in [2.75, 3.05) is 32.1 Å². The molecule has 0 aliphatic carbocycles. The molecule has 3 rings (SSSR count). The van der Waals surface area contributed by atoms with Crippen molar-refractivity contribution in [1.29, 1.82) is 5.41 Å². The summed E-state index contributed by atoms with van der Waals surface area (Å²) >= 11 is 13.7. The Morgan fingerprint density at radius 3 is 2.74 bits per heavy atom. The molecule has 0 bridgehead atoms. The number of anilines is 2. The van der Waals surface area contributed by atoms with Crippen molar-refractivity contribution in [1.82, 2.24) is 8.86 Å². The van der Waals surface area contributed by atoms with Crippen molar-refractivity contribution in [2.45, 2.75) is 25.8 Å². The van der Waals surface area contributed by atoms with Gasteiger partial charge in [0.05, 0.1) is 28.9 Å². The lowest BCUT2D eigenvalue weighted by atomic mass is 10.1. The number of aromatic nitrogens is 1. The van der Waals surface area contributed by atoms with Crippen molar-refractivity contribution in [2.24, 2.45) is 0 Å². The first-order valence-corrected chi connectivity index (χ1v) is 10.3. The fraction of sp³-hybridized carbons (Fsp3) is 0.444. The van der Waals surface area contributed by atoms with Crippen molar-refractivity contribution < 1.29 is 4.74 Å². The fourth-order valence-corrected chi connectivity index (χ4v) is 4.37. The minimum absolute atomic E-state index is 0.187. The van der Waals surface area contributed by atoms with Crippen LogP contribution in [0.1, 0.15) is 24.8 Å². The first kappa shape index (κ1) is 20.2. The highest BCUT2D eigenvalue weighted by atomic mass is 35.5. The van der Waals surface area contributed by atoms with Gasteiger partial charge in [-0.25, -0.2) is 0 Å². The van der Waals surface area contributed by atoms with Crippen LogP contribution < -0.4 is 10.9 Å². The van der Waals surface area contributed by atoms with Gasteiger partial charge in [0, 0.05) is 20.2 Å². The summed E-state index contributed by atoms with van der Waals surface area (Å²) in [5.74, 6) is 0.257. The molecule has 0 saturated carbocycles. The first-order valence-electron chi connectivity index (χ1n) is 8.81. The van der Waals surface area contributed by atoms with Crippen LogP contribution in [0.2, 0.25) is 10.0 Å². The van der Waals surface area contributed by atoms with Crippen molar-refractivity contribution in [3.63, 3.8) is 0 Å². The predicted molar refractivity (Wildman–Crippen MR) is 112 cm³/mol. The minimum atomic E-state index is -0.187. The average Bonchev–Trinajstić information content (AvgIpc) is 2.99. The Morgan fingerprint density at radius 1 is 1.30 bits per heavy atom. The van der Waals surface area contributed by atoms with Crippen LogP contribution >= 0.6 is 34.7 Å². The van der Waals surface area contributed by atoms with E-state index in [1.807, 2.05) is 4.90 Å². The minimum Gasteiger partial charge on any atom is -0.383 e. The van der Waals surface area contributed by atoms with Gasteiger partial charge in [0.25, 0.3) is 5.56 Å². The topological polar surface area (TPSA) is 70.3 Å². The summed E-state index contributed by atoms with van der Waals surface area (Å²) in [6.45, 7) is 2.45. The summed E-state index contributed by atoms with van der Waals surface area (Å²) < 4.78 is 6.71. The predicted octanol–water partition coefficient (Wildman–Crippen LogP) is 4.42. The van der Waals surface area contributed by atoms with Gasteiger partial charge in [-0.3, -0.25) is 14.2 Å². The van der Waals surface area contributed by atoms with Crippen molar-refractivity contribution >= 4 is 51.3 Å². The van der Waals surface area contributed by atoms with Gasteiger partial charge in [0.1, 0.15) is 16.4 Å². The third-order valence-corrected chi connectivity index (χ3v) is 6.35. The van der Waals surface area contributed by atoms with Crippen LogP contribution in [0.5, 0.6) is 0 Å². The van der Waals surface area contributed by atoms with Crippen LogP contribution in [0.15, 0.2) is 23.0 Å². The van der Waals surface area contributed by atoms with E-state index in [1.165, 1.54) is 11.5 Å². The van der Waals surface area contributed by atoms with E-state index in [-0.39, 0.29) is 11.4 Å². The second-order valence-corrected chi connectivity index (χ2v) is 8.13. The van der Waals surface area contributed by atoms with E-state index in [1.54, 1.807) is 29.3 Å². The number of nitrogens with zero attached hydrogens (tertiary/aromatic N) is 2. The molecule has 0 radical (unpaired) electrons. The monoisotopic (exact) mass is 428 g/mol. The normalized spacial score (nSPS) is 14.4. The highest BCUT2D eigenvalue weighted by Crippen LogP contribution is 2.34. The summed E-state index contributed by atoms with van der Waals surface area (Å²) in [4.78, 5) is 14.9. The van der Waals surface area contributed by atoms with E-state index in [0.717, 1.165) is 32.4 Å². The third kappa shape index (κ3) is 4.48. The average molecular weight is 429 g/mol. The number of ether oxygens (including phenoxy) is 1. The first-order chi connectivity index (χ1) is 13.0. The molecule has 27 heavy (non-hydrogen) atoms. The molecular formula is C18H22Cl2N4O2S. The molecule has 2 N–H and O–H groups in total. The van der Waals surface area contributed by atoms with Crippen LogP contribution in [0.3, 0.4) is 0 Å². The highest BCUT2D eigenvalue weighted by Gasteiger charge is 2.25. The SMILES string of the molecule is COCCn1sc(Nc2cccc(Cl)c2Cl)c(C(=N)N2CCCCC2)c1=O. The number of piperidine rings is 1. The molecule has 1 aliphatic rings. The largest absolute Gasteiger partial charge is 0.383 e. The maximum absolute atomic E-state index is 13.0. The van der Waals surface area contributed by atoms with Gasteiger partial charge < -0.3 is 15.0 Å². The Kier molecular flexibility index (Phi) is 6.81. The molecule has 9 heteroatoms. The number of likely N-dealkylation sites (tertiary alicyclic amines) is 1. The summed E-state index contributed by atoms with van der Waals surface area (Å²) in [5, 5.41) is 13.3. The van der Waals surface area contributed by atoms with E-state index in [9.17, 15) is 4.79 Å². The van der Waals surface area contributed by atoms with E-state index >= 15 is 0 Å². The quantitative estimate of drug-likeness (QED) is 0.527. The molecule has 2 heterocycles. The third-order valence-electron chi connectivity index (χ3n) is 4.48. The number of halogens is 2. The van der Waals surface area contributed by atoms with E-state index in [0.29, 0.717) is 39.4 Å². The zero-order chi connectivity index (χ0) is 19.4. The number of methoxy groups -OCH3 is 1. The molecule has 1 aromatic heterocycles. The van der Waals surface area contributed by atoms with E-state index < -0.39 is 0 Å². The smallest absolute Gasteiger partial charge is 0.273 e. The molecule has 0 spiro atoms. The number of benzene rings is 1. The molecule has 146 valence electrons. The number of amidine groups is 1. The van der Waals surface area contributed by atoms with Crippen molar-refractivity contribution in [3.8, 4) is 0 Å². The molecule has 0 atom stereocenters. The van der Waals surface area contributed by atoms with Crippen LogP contribution in [0.4, 0.5) is 10.7 Å². The Hall–Kier alpha value is -1.54. The Labute approximate surface area is 172 Å². The molecule has 1 aliphatic heterocycles. The Bertz CT molecular complexity index is 875. The number of hydrogen-bond donors (Lipinski definition) is 2. The van der Waals surface area contributed by atoms with Crippen LogP contribution in [-0.2, 0) is 11.3 Å². The summed E-state index contributed by atoms with van der Waals surface area (Å²) in [6, 6.07) is 5.29. The van der Waals surface area contributed by atoms with Crippen LogP contribution in [0.25, 0.3) is 0 Å². The molecule has 1 fully saturated rings. The molecular weight excluding hydrogens is 407 g/mol. The van der Waals surface area contributed by atoms with Crippen LogP contribution in [0, 0.1) is 5.41 Å². The molecule has 0 amide bonds. The van der Waals surface area contributed by atoms with Crippen LogP contribution in [-0.4, -0.2) is 41.5 Å². The number of hydrogen-bond acceptors (Lipinski definition) is 5. The zero-order valence-corrected chi connectivity index (χ0v) is 17.4. The second kappa shape index (κ2) is 9.10. The van der Waals surface area contributed by atoms with Gasteiger partial charge >= 0.3 is 0 Å². The Morgan fingerprint density at radius 2 is 2.04 bits per heavy atom. The lowest BCUT2D eigenvalue weighted by Gasteiger charge is -2.28. The highest BCUT2D eigenvalue weighted by molar-refractivity contribution is 7.11. The van der Waals surface area contributed by atoms with Gasteiger partial charge in [-0.2, -0.15) is 0 Å². The molecule has 1 aromatic carbocycles. The number of rotatable bonds is 6. The van der Waals surface area contributed by atoms with Gasteiger partial charge in [-0.15, -0.1) is 0 Å². The molecule has 0 unspecified atom stereocenters. The Balaban J connectivity index is 1.99. The molecule has 2 aromatic rings. The summed E-state index contributed by atoms with van der Waals surface area (Å²) in [6.07, 6.45) is 3.23. The van der Waals surface area contributed by atoms with Gasteiger partial charge in [0.2, 0.25) is 0 Å². The lowest BCUT2D eigenvalue weighted by Crippen LogP contribution is -2.38. The van der Waals surface area contributed by atoms with Crippen molar-refractivity contribution in [3.05, 3.63) is 44.2 Å². The molecule has 1 saturated heterocycles. The lowest BCUT2D eigenvalue weighted by molar-refractivity contribution is 0.189. The van der Waals surface area contributed by atoms with Gasteiger partial charge in [0.15, 0.2) is 0 Å². The zero-order valence-electron chi connectivity index (χ0n) is 15.1. The van der Waals surface area contributed by atoms with Gasteiger partial charge in [-0.05, 0) is 42.9 Å². The summed E-state index contributed by atoms with van der Waals surface area (Å²) in [5.41, 5.74) is 0.791. The maximum atomic E-state index is 13.0. The second-order valence-electron chi connectivity index (χ2n) is 6.32. The molecule has 6 nitrogen and oxygen atoms in total. The van der Waals surface area contributed by atoms with E-state index in [4.69, 9.17) is 33.3 Å². The summed E-state index contributed by atoms with van der Waals surface area (Å²) in [7, 11) is 1.60. The maximum Gasteiger partial charge on any atom is 0.273 e. The number of nitrogens with one attached hydrogen (secondary N) is 2. The standard InChI is InChI=1S/C18H22Cl2N4O2S/c1-26-11-10-24-18(25)14(16(21)23-8-3-2-4-9-23)17(27-24)22-13-7-5-6-12(19)15(13)20/h5-7,21-22H,2-4,8-11H2,1H3. The van der Waals surface area contributed by atoms with E-state index in [2.05, 4.69) is 5.32 Å².